The van der Waals surface area contributed by atoms with E-state index < -0.39 is 5.00 Å². The molecule has 1 unspecified atom stereocenters. The van der Waals surface area contributed by atoms with Gasteiger partial charge in [-0.2, -0.15) is 0 Å². The first-order valence-corrected chi connectivity index (χ1v) is 3.80. The number of rotatable bonds is 2. The van der Waals surface area contributed by atoms with Gasteiger partial charge in [-0.15, -0.1) is 11.6 Å². The highest BCUT2D eigenvalue weighted by molar-refractivity contribution is 6.95. The van der Waals surface area contributed by atoms with E-state index in [9.17, 15) is 0 Å². The van der Waals surface area contributed by atoms with Gasteiger partial charge in [-0.05, 0) is 30.1 Å². The van der Waals surface area contributed by atoms with Gasteiger partial charge in [-0.25, -0.2) is 4.99 Å². The summed E-state index contributed by atoms with van der Waals surface area (Å²) in [6, 6.07) is 0. The third-order valence-corrected chi connectivity index (χ3v) is 1.61. The van der Waals surface area contributed by atoms with E-state index in [1.54, 1.807) is 6.92 Å². The van der Waals surface area contributed by atoms with Crippen LogP contribution < -0.4 is 0 Å². The van der Waals surface area contributed by atoms with Crippen molar-refractivity contribution in [1.82, 2.24) is 0 Å². The van der Waals surface area contributed by atoms with Gasteiger partial charge in [-0.3, -0.25) is 0 Å². The van der Waals surface area contributed by atoms with Crippen molar-refractivity contribution in [3.05, 3.63) is 0 Å². The molecule has 0 radical (unpaired) electrons. The molecule has 0 aromatic heterocycles. The lowest BCUT2D eigenvalue weighted by Gasteiger charge is -2.10. The molecule has 0 amide bonds. The summed E-state index contributed by atoms with van der Waals surface area (Å²) in [5, 5.41) is 0. The van der Waals surface area contributed by atoms with E-state index >= 15 is 0 Å². The molecular formula is C4H5Cl4N. The van der Waals surface area contributed by atoms with E-state index in [0.29, 0.717) is 0 Å². The molecule has 0 aromatic rings. The van der Waals surface area contributed by atoms with Crippen LogP contribution in [-0.2, 0) is 0 Å². The average molecular weight is 209 g/mol. The normalized spacial score (nSPS) is 16.6. The highest BCUT2D eigenvalue weighted by atomic mass is 35.5. The molecule has 0 heterocycles. The van der Waals surface area contributed by atoms with Gasteiger partial charge in [0.2, 0.25) is 0 Å². The molecule has 0 aliphatic carbocycles. The van der Waals surface area contributed by atoms with Crippen molar-refractivity contribution in [2.24, 2.45) is 4.99 Å². The van der Waals surface area contributed by atoms with Crippen LogP contribution in [0.1, 0.15) is 6.92 Å². The Labute approximate surface area is 73.9 Å². The molecule has 1 nitrogen and oxygen atoms in total. The maximum atomic E-state index is 5.63. The average Bonchev–Trinajstić information content (AvgIpc) is 1.63. The standard InChI is InChI=1S/C4H5Cl4N/c1-4(8,2-5)9-3(6)7/h2H2,1H3. The number of nitrogens with zero attached hydrogens (tertiary/aromatic N) is 1. The van der Waals surface area contributed by atoms with Crippen molar-refractivity contribution >= 4 is 51.0 Å². The molecule has 0 saturated heterocycles. The minimum Gasteiger partial charge on any atom is -0.239 e. The quantitative estimate of drug-likeness (QED) is 0.376. The molecule has 0 fully saturated rings. The van der Waals surface area contributed by atoms with Crippen molar-refractivity contribution in [2.75, 3.05) is 5.88 Å². The van der Waals surface area contributed by atoms with Crippen LogP contribution in [-0.4, -0.2) is 15.5 Å². The first kappa shape index (κ1) is 9.83. The molecule has 0 rings (SSSR count). The predicted molar refractivity (Wildman–Crippen MR) is 44.1 cm³/mol. The molecule has 5 heteroatoms. The largest absolute Gasteiger partial charge is 0.239 e. The lowest BCUT2D eigenvalue weighted by Crippen LogP contribution is -2.15. The first-order chi connectivity index (χ1) is 3.98. The van der Waals surface area contributed by atoms with Crippen LogP contribution in [0.3, 0.4) is 0 Å². The summed E-state index contributed by atoms with van der Waals surface area (Å²) in [6.07, 6.45) is 0. The zero-order valence-electron chi connectivity index (χ0n) is 4.67. The fourth-order valence-electron chi connectivity index (χ4n) is 0.206. The molecule has 0 spiro atoms. The smallest absolute Gasteiger partial charge is 0.193 e. The van der Waals surface area contributed by atoms with Crippen molar-refractivity contribution in [3.8, 4) is 0 Å². The number of aliphatic imine (C=N–C) groups is 1. The highest BCUT2D eigenvalue weighted by Crippen LogP contribution is 2.19. The molecule has 54 valence electrons. The summed E-state index contributed by atoms with van der Waals surface area (Å²) in [5.74, 6) is 0.178. The minimum absolute atomic E-state index is 0.104. The summed E-state index contributed by atoms with van der Waals surface area (Å²) in [5.41, 5.74) is 0. The Bertz CT molecular complexity index is 116. The van der Waals surface area contributed by atoms with Crippen LogP contribution >= 0.6 is 46.4 Å². The van der Waals surface area contributed by atoms with Crippen LogP contribution in [0.2, 0.25) is 0 Å². The SMILES string of the molecule is CC(Cl)(CCl)N=C(Cl)Cl. The van der Waals surface area contributed by atoms with E-state index in [-0.39, 0.29) is 10.5 Å². The highest BCUT2D eigenvalue weighted by Gasteiger charge is 2.17. The molecule has 0 N–H and O–H groups in total. The van der Waals surface area contributed by atoms with Gasteiger partial charge in [0.15, 0.2) is 4.63 Å². The van der Waals surface area contributed by atoms with E-state index in [0.717, 1.165) is 0 Å². The van der Waals surface area contributed by atoms with Gasteiger partial charge in [0.25, 0.3) is 0 Å². The second-order valence-electron chi connectivity index (χ2n) is 1.63. The Morgan fingerprint density at radius 2 is 2.00 bits per heavy atom. The summed E-state index contributed by atoms with van der Waals surface area (Å²) in [6.45, 7) is 1.62. The lowest BCUT2D eigenvalue weighted by molar-refractivity contribution is 0.759. The van der Waals surface area contributed by atoms with E-state index in [1.807, 2.05) is 0 Å². The van der Waals surface area contributed by atoms with Gasteiger partial charge in [0, 0.05) is 0 Å². The summed E-state index contributed by atoms with van der Waals surface area (Å²) >= 11 is 21.4. The fraction of sp³-hybridized carbons (Fsp3) is 0.750. The predicted octanol–water partition coefficient (Wildman–Crippen LogP) is 3.01. The number of halogens is 4. The molecule has 0 aliphatic heterocycles. The molecule has 0 aliphatic rings. The molecule has 0 aromatic carbocycles. The summed E-state index contributed by atoms with van der Waals surface area (Å²) in [7, 11) is 0. The fourth-order valence-corrected chi connectivity index (χ4v) is 0.810. The van der Waals surface area contributed by atoms with Crippen molar-refractivity contribution in [2.45, 2.75) is 11.9 Å². The number of hydrogen-bond donors (Lipinski definition) is 0. The van der Waals surface area contributed by atoms with Crippen LogP contribution in [0.5, 0.6) is 0 Å². The van der Waals surface area contributed by atoms with Gasteiger partial charge in [0.05, 0.1) is 5.88 Å². The molecule has 0 saturated carbocycles. The zero-order valence-corrected chi connectivity index (χ0v) is 7.69. The maximum Gasteiger partial charge on any atom is 0.193 e. The number of hydrogen-bond acceptors (Lipinski definition) is 1. The Balaban J connectivity index is 4.01. The molecule has 1 atom stereocenters. The second-order valence-corrected chi connectivity index (χ2v) is 3.62. The van der Waals surface area contributed by atoms with Gasteiger partial charge >= 0.3 is 0 Å². The minimum atomic E-state index is -0.875. The monoisotopic (exact) mass is 207 g/mol. The van der Waals surface area contributed by atoms with Crippen LogP contribution in [0.4, 0.5) is 0 Å². The van der Waals surface area contributed by atoms with E-state index in [2.05, 4.69) is 4.99 Å². The topological polar surface area (TPSA) is 12.4 Å². The van der Waals surface area contributed by atoms with Gasteiger partial charge in [-0.1, -0.05) is 11.6 Å². The van der Waals surface area contributed by atoms with E-state index in [1.165, 1.54) is 0 Å². The third-order valence-electron chi connectivity index (χ3n) is 0.562. The maximum absolute atomic E-state index is 5.63. The Morgan fingerprint density at radius 3 is 2.11 bits per heavy atom. The first-order valence-electron chi connectivity index (χ1n) is 2.13. The van der Waals surface area contributed by atoms with Crippen molar-refractivity contribution in [3.63, 3.8) is 0 Å². The summed E-state index contributed by atoms with van der Waals surface area (Å²) in [4.78, 5) is 2.73. The second kappa shape index (κ2) is 3.87. The summed E-state index contributed by atoms with van der Waals surface area (Å²) < 4.78 is -0.104. The van der Waals surface area contributed by atoms with Crippen LogP contribution in [0.25, 0.3) is 0 Å². The molecule has 9 heavy (non-hydrogen) atoms. The Morgan fingerprint density at radius 1 is 1.56 bits per heavy atom. The van der Waals surface area contributed by atoms with Gasteiger partial charge in [0.1, 0.15) is 5.00 Å². The van der Waals surface area contributed by atoms with Crippen molar-refractivity contribution < 1.29 is 0 Å². The third kappa shape index (κ3) is 5.28. The molecule has 0 bridgehead atoms. The Hall–Kier alpha value is 0.830. The Kier molecular flexibility index (Phi) is 4.22. The van der Waals surface area contributed by atoms with Crippen LogP contribution in [0.15, 0.2) is 4.99 Å². The van der Waals surface area contributed by atoms with Crippen molar-refractivity contribution in [1.29, 1.82) is 0 Å². The van der Waals surface area contributed by atoms with E-state index in [4.69, 9.17) is 46.4 Å². The molecular weight excluding hydrogens is 204 g/mol. The number of alkyl halides is 2. The van der Waals surface area contributed by atoms with Crippen LogP contribution in [0, 0.1) is 0 Å². The van der Waals surface area contributed by atoms with Gasteiger partial charge < -0.3 is 0 Å². The zero-order chi connectivity index (χ0) is 7.49. The lowest BCUT2D eigenvalue weighted by atomic mass is 10.4.